The molecule has 1 N–H and O–H groups in total. The molecule has 0 unspecified atom stereocenters. The number of aromatic nitrogens is 2. The van der Waals surface area contributed by atoms with Gasteiger partial charge >= 0.3 is 11.7 Å². The van der Waals surface area contributed by atoms with Gasteiger partial charge in [0.05, 0.1) is 27.0 Å². The van der Waals surface area contributed by atoms with Gasteiger partial charge in [-0.15, -0.1) is 11.3 Å². The Morgan fingerprint density at radius 3 is 2.83 bits per heavy atom. The number of benzene rings is 1. The molecule has 8 heteroatoms. The van der Waals surface area contributed by atoms with Gasteiger partial charge in [0.2, 0.25) is 0 Å². The third kappa shape index (κ3) is 2.71. The lowest BCUT2D eigenvalue weighted by atomic mass is 10.2. The highest BCUT2D eigenvalue weighted by molar-refractivity contribution is 9.11. The number of ether oxygens (including phenoxy) is 1. The normalized spacial score (nSPS) is 11.0. The van der Waals surface area contributed by atoms with Crippen LogP contribution in [0.4, 0.5) is 0 Å². The zero-order valence-electron chi connectivity index (χ0n) is 12.9. The van der Waals surface area contributed by atoms with Gasteiger partial charge in [-0.05, 0) is 53.5 Å². The number of nitrogens with one attached hydrogen (secondary N) is 1. The van der Waals surface area contributed by atoms with Crippen LogP contribution in [0.15, 0.2) is 37.6 Å². The molecule has 3 rings (SSSR count). The lowest BCUT2D eigenvalue weighted by Crippen LogP contribution is -2.33. The molecular weight excluding hydrogens is 396 g/mol. The largest absolute Gasteiger partial charge is 0.462 e. The van der Waals surface area contributed by atoms with Crippen LogP contribution in [-0.2, 0) is 4.74 Å². The SMILES string of the molecule is CCOC(=O)c1cccc(-n2c(=O)[nH]c3sc(Br)c(C)c3c2=O)c1. The number of carbonyl (C=O) groups excluding carboxylic acids is 1. The highest BCUT2D eigenvalue weighted by Gasteiger charge is 2.16. The van der Waals surface area contributed by atoms with Gasteiger partial charge in [-0.25, -0.2) is 14.2 Å². The highest BCUT2D eigenvalue weighted by Crippen LogP contribution is 2.31. The zero-order valence-corrected chi connectivity index (χ0v) is 15.3. The van der Waals surface area contributed by atoms with Crippen LogP contribution in [0.3, 0.4) is 0 Å². The minimum atomic E-state index is -0.553. The van der Waals surface area contributed by atoms with Crippen LogP contribution in [0, 0.1) is 6.92 Å². The standard InChI is InChI=1S/C16H13BrN2O4S/c1-3-23-15(21)9-5-4-6-10(7-9)19-14(20)11-8(2)12(17)24-13(11)18-16(19)22/h4-7H,3H2,1-2H3,(H,18,22). The summed E-state index contributed by atoms with van der Waals surface area (Å²) in [5.41, 5.74) is 0.391. The first-order valence-corrected chi connectivity index (χ1v) is 8.76. The number of aromatic amines is 1. The molecule has 0 atom stereocenters. The van der Waals surface area contributed by atoms with Crippen molar-refractivity contribution >= 4 is 43.5 Å². The Hall–Kier alpha value is -2.19. The molecule has 0 aliphatic carbocycles. The van der Waals surface area contributed by atoms with Crippen molar-refractivity contribution in [2.75, 3.05) is 6.61 Å². The van der Waals surface area contributed by atoms with Crippen molar-refractivity contribution in [2.45, 2.75) is 13.8 Å². The Morgan fingerprint density at radius 2 is 2.12 bits per heavy atom. The molecule has 0 radical (unpaired) electrons. The molecule has 2 aromatic heterocycles. The molecule has 0 aliphatic heterocycles. The molecule has 0 fully saturated rings. The molecule has 0 bridgehead atoms. The summed E-state index contributed by atoms with van der Waals surface area (Å²) in [5.74, 6) is -0.501. The average molecular weight is 409 g/mol. The van der Waals surface area contributed by atoms with E-state index in [1.165, 1.54) is 17.4 Å². The number of hydrogen-bond acceptors (Lipinski definition) is 5. The monoisotopic (exact) mass is 408 g/mol. The van der Waals surface area contributed by atoms with Gasteiger partial charge in [0.1, 0.15) is 4.83 Å². The maximum Gasteiger partial charge on any atom is 0.338 e. The van der Waals surface area contributed by atoms with E-state index < -0.39 is 17.2 Å². The topological polar surface area (TPSA) is 81.2 Å². The highest BCUT2D eigenvalue weighted by atomic mass is 79.9. The summed E-state index contributed by atoms with van der Waals surface area (Å²) in [6.07, 6.45) is 0. The first kappa shape index (κ1) is 16.7. The summed E-state index contributed by atoms with van der Waals surface area (Å²) in [6, 6.07) is 6.25. The number of fused-ring (bicyclic) bond motifs is 1. The van der Waals surface area contributed by atoms with Crippen molar-refractivity contribution in [2.24, 2.45) is 0 Å². The maximum absolute atomic E-state index is 12.8. The fourth-order valence-corrected chi connectivity index (χ4v) is 4.01. The number of H-pyrrole nitrogens is 1. The maximum atomic E-state index is 12.8. The summed E-state index contributed by atoms with van der Waals surface area (Å²) in [6.45, 7) is 3.77. The molecule has 124 valence electrons. The van der Waals surface area contributed by atoms with E-state index in [-0.39, 0.29) is 12.2 Å². The van der Waals surface area contributed by atoms with E-state index in [0.717, 1.165) is 13.9 Å². The zero-order chi connectivity index (χ0) is 17.4. The van der Waals surface area contributed by atoms with Crippen molar-refractivity contribution in [1.29, 1.82) is 0 Å². The number of hydrogen-bond donors (Lipinski definition) is 1. The van der Waals surface area contributed by atoms with E-state index in [0.29, 0.717) is 15.9 Å². The second kappa shape index (κ2) is 6.37. The second-order valence-corrected chi connectivity index (χ2v) is 7.38. The molecule has 0 spiro atoms. The summed E-state index contributed by atoms with van der Waals surface area (Å²) < 4.78 is 6.77. The first-order valence-electron chi connectivity index (χ1n) is 7.15. The van der Waals surface area contributed by atoms with Gasteiger partial charge in [0.25, 0.3) is 5.56 Å². The van der Waals surface area contributed by atoms with Crippen LogP contribution in [-0.4, -0.2) is 22.1 Å². The first-order chi connectivity index (χ1) is 11.4. The third-order valence-corrected chi connectivity index (χ3v) is 5.62. The van der Waals surface area contributed by atoms with Crippen molar-refractivity contribution in [3.05, 3.63) is 60.0 Å². The van der Waals surface area contributed by atoms with E-state index >= 15 is 0 Å². The summed E-state index contributed by atoms with van der Waals surface area (Å²) in [5, 5.41) is 0.452. The van der Waals surface area contributed by atoms with Crippen LogP contribution in [0.2, 0.25) is 0 Å². The van der Waals surface area contributed by atoms with E-state index in [4.69, 9.17) is 4.74 Å². The number of rotatable bonds is 3. The minimum absolute atomic E-state index is 0.248. The van der Waals surface area contributed by atoms with Crippen molar-refractivity contribution in [1.82, 2.24) is 9.55 Å². The Bertz CT molecular complexity index is 1060. The number of aryl methyl sites for hydroxylation is 1. The van der Waals surface area contributed by atoms with Crippen LogP contribution in [0.25, 0.3) is 15.9 Å². The predicted octanol–water partition coefficient (Wildman–Crippen LogP) is 2.99. The predicted molar refractivity (Wildman–Crippen MR) is 96.4 cm³/mol. The van der Waals surface area contributed by atoms with Crippen LogP contribution in [0.5, 0.6) is 0 Å². The molecule has 6 nitrogen and oxygen atoms in total. The molecule has 1 aromatic carbocycles. The van der Waals surface area contributed by atoms with E-state index in [9.17, 15) is 14.4 Å². The molecule has 0 saturated carbocycles. The molecule has 2 heterocycles. The fourth-order valence-electron chi connectivity index (χ4n) is 2.41. The number of carbonyl (C=O) groups is 1. The Balaban J connectivity index is 2.25. The van der Waals surface area contributed by atoms with Crippen LogP contribution < -0.4 is 11.2 Å². The molecule has 24 heavy (non-hydrogen) atoms. The van der Waals surface area contributed by atoms with E-state index in [1.54, 1.807) is 25.1 Å². The van der Waals surface area contributed by atoms with Crippen molar-refractivity contribution < 1.29 is 9.53 Å². The molecule has 0 saturated heterocycles. The molecule has 0 aliphatic rings. The summed E-state index contributed by atoms with van der Waals surface area (Å²) in [7, 11) is 0. The van der Waals surface area contributed by atoms with Gasteiger partial charge < -0.3 is 4.74 Å². The van der Waals surface area contributed by atoms with E-state index in [1.807, 2.05) is 6.92 Å². The smallest absolute Gasteiger partial charge is 0.338 e. The third-order valence-electron chi connectivity index (χ3n) is 3.54. The van der Waals surface area contributed by atoms with Crippen molar-refractivity contribution in [3.63, 3.8) is 0 Å². The van der Waals surface area contributed by atoms with Gasteiger partial charge in [0.15, 0.2) is 0 Å². The number of thiophene rings is 1. The number of nitrogens with zero attached hydrogens (tertiary/aromatic N) is 1. The van der Waals surface area contributed by atoms with Gasteiger partial charge in [0, 0.05) is 0 Å². The number of halogens is 1. The summed E-state index contributed by atoms with van der Waals surface area (Å²) in [4.78, 5) is 40.3. The minimum Gasteiger partial charge on any atom is -0.462 e. The quantitative estimate of drug-likeness (QED) is 0.675. The van der Waals surface area contributed by atoms with Gasteiger partial charge in [-0.3, -0.25) is 9.78 Å². The van der Waals surface area contributed by atoms with Crippen LogP contribution >= 0.6 is 27.3 Å². The Morgan fingerprint density at radius 1 is 1.38 bits per heavy atom. The Kier molecular flexibility index (Phi) is 4.42. The fraction of sp³-hybridized carbons (Fsp3) is 0.188. The molecule has 3 aromatic rings. The lowest BCUT2D eigenvalue weighted by Gasteiger charge is -2.07. The van der Waals surface area contributed by atoms with Gasteiger partial charge in [-0.1, -0.05) is 6.07 Å². The Labute approximate surface area is 148 Å². The summed E-state index contributed by atoms with van der Waals surface area (Å²) >= 11 is 4.68. The lowest BCUT2D eigenvalue weighted by molar-refractivity contribution is 0.0526. The number of esters is 1. The van der Waals surface area contributed by atoms with E-state index in [2.05, 4.69) is 20.9 Å². The van der Waals surface area contributed by atoms with Crippen molar-refractivity contribution in [3.8, 4) is 5.69 Å². The van der Waals surface area contributed by atoms with Crippen LogP contribution in [0.1, 0.15) is 22.8 Å². The average Bonchev–Trinajstić information content (AvgIpc) is 2.82. The molecule has 0 amide bonds. The second-order valence-electron chi connectivity index (χ2n) is 5.05. The molecular formula is C16H13BrN2O4S. The van der Waals surface area contributed by atoms with Gasteiger partial charge in [-0.2, -0.15) is 0 Å².